The number of esters is 1. The summed E-state index contributed by atoms with van der Waals surface area (Å²) in [4.78, 5) is 22.9. The van der Waals surface area contributed by atoms with Crippen LogP contribution in [0.1, 0.15) is 30.2 Å². The first-order chi connectivity index (χ1) is 8.04. The Kier molecular flexibility index (Phi) is 2.75. The molecule has 0 fully saturated rings. The van der Waals surface area contributed by atoms with Gasteiger partial charge >= 0.3 is 11.7 Å². The van der Waals surface area contributed by atoms with Crippen LogP contribution in [0, 0.1) is 0 Å². The van der Waals surface area contributed by atoms with Crippen molar-refractivity contribution in [1.29, 1.82) is 0 Å². The van der Waals surface area contributed by atoms with Crippen molar-refractivity contribution in [2.45, 2.75) is 19.9 Å². The minimum Gasteiger partial charge on any atom is -0.465 e. The predicted molar refractivity (Wildman–Crippen MR) is 62.2 cm³/mol. The van der Waals surface area contributed by atoms with Gasteiger partial charge in [-0.05, 0) is 32.0 Å². The van der Waals surface area contributed by atoms with Crippen LogP contribution in [0.25, 0.3) is 11.1 Å². The van der Waals surface area contributed by atoms with Gasteiger partial charge in [0.15, 0.2) is 5.58 Å². The van der Waals surface area contributed by atoms with Crippen LogP contribution in [0.2, 0.25) is 0 Å². The number of methoxy groups -OCH3 is 1. The van der Waals surface area contributed by atoms with E-state index in [1.807, 2.05) is 13.8 Å². The summed E-state index contributed by atoms with van der Waals surface area (Å²) in [5.41, 5.74) is 1.44. The number of benzene rings is 1. The Morgan fingerprint density at radius 3 is 2.71 bits per heavy atom. The topological polar surface area (TPSA) is 61.4 Å². The third-order valence-electron chi connectivity index (χ3n) is 2.55. The average molecular weight is 235 g/mol. The zero-order chi connectivity index (χ0) is 12.6. The van der Waals surface area contributed by atoms with Crippen LogP contribution in [0.5, 0.6) is 0 Å². The Morgan fingerprint density at radius 1 is 1.41 bits per heavy atom. The van der Waals surface area contributed by atoms with Crippen molar-refractivity contribution in [3.63, 3.8) is 0 Å². The van der Waals surface area contributed by atoms with Gasteiger partial charge in [0.2, 0.25) is 0 Å². The number of carbonyl (C=O) groups excluding carboxylic acids is 1. The second kappa shape index (κ2) is 4.08. The molecule has 0 bridgehead atoms. The van der Waals surface area contributed by atoms with Crippen molar-refractivity contribution in [2.75, 3.05) is 7.11 Å². The van der Waals surface area contributed by atoms with Crippen molar-refractivity contribution < 1.29 is 13.9 Å². The lowest BCUT2D eigenvalue weighted by Gasteiger charge is -2.05. The number of ether oxygens (including phenoxy) is 1. The first kappa shape index (κ1) is 11.4. The van der Waals surface area contributed by atoms with E-state index in [1.165, 1.54) is 17.7 Å². The van der Waals surface area contributed by atoms with E-state index in [4.69, 9.17) is 4.42 Å². The normalized spacial score (nSPS) is 11.1. The van der Waals surface area contributed by atoms with Gasteiger partial charge in [0.05, 0.1) is 18.2 Å². The molecule has 0 unspecified atom stereocenters. The van der Waals surface area contributed by atoms with Crippen molar-refractivity contribution in [2.24, 2.45) is 0 Å². The molecular weight excluding hydrogens is 222 g/mol. The molecule has 1 heterocycles. The molecule has 5 nitrogen and oxygen atoms in total. The number of oxazole rings is 1. The number of hydrogen-bond donors (Lipinski definition) is 0. The van der Waals surface area contributed by atoms with E-state index in [-0.39, 0.29) is 6.04 Å². The van der Waals surface area contributed by atoms with Crippen LogP contribution >= 0.6 is 0 Å². The van der Waals surface area contributed by atoms with E-state index in [0.717, 1.165) is 0 Å². The molecule has 0 aliphatic heterocycles. The summed E-state index contributed by atoms with van der Waals surface area (Å²) < 4.78 is 11.2. The van der Waals surface area contributed by atoms with E-state index < -0.39 is 11.7 Å². The lowest BCUT2D eigenvalue weighted by atomic mass is 10.2. The smallest absolute Gasteiger partial charge is 0.420 e. The highest BCUT2D eigenvalue weighted by atomic mass is 16.5. The van der Waals surface area contributed by atoms with Crippen LogP contribution in [0.4, 0.5) is 0 Å². The van der Waals surface area contributed by atoms with Crippen LogP contribution in [-0.4, -0.2) is 17.6 Å². The van der Waals surface area contributed by atoms with Crippen LogP contribution in [0.15, 0.2) is 27.4 Å². The van der Waals surface area contributed by atoms with Gasteiger partial charge in [-0.3, -0.25) is 4.57 Å². The van der Waals surface area contributed by atoms with E-state index in [9.17, 15) is 9.59 Å². The Labute approximate surface area is 97.6 Å². The third kappa shape index (κ3) is 1.84. The van der Waals surface area contributed by atoms with Crippen molar-refractivity contribution in [3.8, 4) is 0 Å². The first-order valence-corrected chi connectivity index (χ1v) is 5.28. The Balaban J connectivity index is 2.66. The molecule has 0 saturated carbocycles. The van der Waals surface area contributed by atoms with Crippen LogP contribution in [0.3, 0.4) is 0 Å². The molecule has 0 N–H and O–H groups in total. The van der Waals surface area contributed by atoms with Crippen molar-refractivity contribution in [3.05, 3.63) is 34.3 Å². The molecule has 0 spiro atoms. The SMILES string of the molecule is COC(=O)c1ccc2c(c1)oc(=O)n2C(C)C. The van der Waals surface area contributed by atoms with E-state index in [1.54, 1.807) is 12.1 Å². The predicted octanol–water partition coefficient (Wildman–Crippen LogP) is 1.96. The van der Waals surface area contributed by atoms with E-state index >= 15 is 0 Å². The quantitative estimate of drug-likeness (QED) is 0.746. The molecule has 0 aliphatic carbocycles. The number of rotatable bonds is 2. The highest BCUT2D eigenvalue weighted by molar-refractivity contribution is 5.93. The Morgan fingerprint density at radius 2 is 2.12 bits per heavy atom. The number of aromatic nitrogens is 1. The first-order valence-electron chi connectivity index (χ1n) is 5.28. The monoisotopic (exact) mass is 235 g/mol. The fraction of sp³-hybridized carbons (Fsp3) is 0.333. The molecule has 0 radical (unpaired) electrons. The largest absolute Gasteiger partial charge is 0.465 e. The molecule has 17 heavy (non-hydrogen) atoms. The summed E-state index contributed by atoms with van der Waals surface area (Å²) in [6.07, 6.45) is 0. The fourth-order valence-electron chi connectivity index (χ4n) is 1.77. The zero-order valence-corrected chi connectivity index (χ0v) is 9.89. The summed E-state index contributed by atoms with van der Waals surface area (Å²) in [7, 11) is 1.31. The van der Waals surface area contributed by atoms with Gasteiger partial charge in [0, 0.05) is 6.04 Å². The van der Waals surface area contributed by atoms with Gasteiger partial charge in [0.1, 0.15) is 0 Å². The number of nitrogens with zero attached hydrogens (tertiary/aromatic N) is 1. The average Bonchev–Trinajstić information content (AvgIpc) is 2.62. The highest BCUT2D eigenvalue weighted by Gasteiger charge is 2.14. The molecule has 0 aliphatic rings. The molecule has 90 valence electrons. The summed E-state index contributed by atoms with van der Waals surface area (Å²) in [5, 5.41) is 0. The molecule has 0 saturated heterocycles. The van der Waals surface area contributed by atoms with Crippen LogP contribution in [-0.2, 0) is 4.74 Å². The van der Waals surface area contributed by atoms with Crippen LogP contribution < -0.4 is 5.76 Å². The minimum absolute atomic E-state index is 0.00715. The maximum atomic E-state index is 11.6. The molecule has 0 atom stereocenters. The van der Waals surface area contributed by atoms with E-state index in [2.05, 4.69) is 4.74 Å². The summed E-state index contributed by atoms with van der Waals surface area (Å²) in [6, 6.07) is 4.82. The molecule has 1 aromatic carbocycles. The van der Waals surface area contributed by atoms with Gasteiger partial charge in [-0.1, -0.05) is 0 Å². The molecule has 0 amide bonds. The number of carbonyl (C=O) groups is 1. The Bertz CT molecular complexity index is 621. The standard InChI is InChI=1S/C12H13NO4/c1-7(2)13-9-5-4-8(11(14)16-3)6-10(9)17-12(13)15/h4-7H,1-3H3. The maximum Gasteiger partial charge on any atom is 0.420 e. The minimum atomic E-state index is -0.452. The summed E-state index contributed by atoms with van der Waals surface area (Å²) in [6.45, 7) is 3.79. The van der Waals surface area contributed by atoms with E-state index in [0.29, 0.717) is 16.7 Å². The lowest BCUT2D eigenvalue weighted by molar-refractivity contribution is 0.0601. The summed E-state index contributed by atoms with van der Waals surface area (Å²) >= 11 is 0. The highest BCUT2D eigenvalue weighted by Crippen LogP contribution is 2.18. The maximum absolute atomic E-state index is 11.6. The third-order valence-corrected chi connectivity index (χ3v) is 2.55. The van der Waals surface area contributed by atoms with Gasteiger partial charge in [-0.2, -0.15) is 0 Å². The van der Waals surface area contributed by atoms with Crippen molar-refractivity contribution >= 4 is 17.1 Å². The molecular formula is C12H13NO4. The summed E-state index contributed by atoms with van der Waals surface area (Å²) in [5.74, 6) is -0.871. The molecule has 2 rings (SSSR count). The van der Waals surface area contributed by atoms with Gasteiger partial charge in [-0.15, -0.1) is 0 Å². The second-order valence-electron chi connectivity index (χ2n) is 4.01. The molecule has 5 heteroatoms. The molecule has 2 aromatic rings. The van der Waals surface area contributed by atoms with Gasteiger partial charge in [0.25, 0.3) is 0 Å². The lowest BCUT2D eigenvalue weighted by Crippen LogP contribution is -2.15. The molecule has 1 aromatic heterocycles. The number of fused-ring (bicyclic) bond motifs is 1. The number of hydrogen-bond acceptors (Lipinski definition) is 4. The zero-order valence-electron chi connectivity index (χ0n) is 9.89. The van der Waals surface area contributed by atoms with Crippen molar-refractivity contribution in [1.82, 2.24) is 4.57 Å². The Hall–Kier alpha value is -2.04. The van der Waals surface area contributed by atoms with Gasteiger partial charge in [-0.25, -0.2) is 9.59 Å². The van der Waals surface area contributed by atoms with Gasteiger partial charge < -0.3 is 9.15 Å². The fourth-order valence-corrected chi connectivity index (χ4v) is 1.77. The second-order valence-corrected chi connectivity index (χ2v) is 4.01.